The second-order valence-electron chi connectivity index (χ2n) is 3.06. The highest BCUT2D eigenvalue weighted by Crippen LogP contribution is 2.15. The van der Waals surface area contributed by atoms with E-state index in [0.717, 1.165) is 0 Å². The molecule has 0 saturated carbocycles. The maximum atomic E-state index is 11.4. The predicted molar refractivity (Wildman–Crippen MR) is 52.5 cm³/mol. The number of carboxylic acids is 1. The van der Waals surface area contributed by atoms with Gasteiger partial charge in [0, 0.05) is 0 Å². The van der Waals surface area contributed by atoms with Crippen LogP contribution in [-0.4, -0.2) is 23.1 Å². The fraction of sp³-hybridized carbons (Fsp3) is 0.182. The predicted octanol–water partition coefficient (Wildman–Crippen LogP) is 1.01. The normalized spacial score (nSPS) is 11.7. The van der Waals surface area contributed by atoms with Crippen molar-refractivity contribution in [2.45, 2.75) is 12.3 Å². The molecule has 0 saturated heterocycles. The molecule has 0 bridgehead atoms. The number of rotatable bonds is 5. The van der Waals surface area contributed by atoms with Gasteiger partial charge in [0.15, 0.2) is 5.78 Å². The smallest absolute Gasteiger partial charge is 0.310 e. The van der Waals surface area contributed by atoms with Crippen LogP contribution in [0.5, 0.6) is 0 Å². The third-order valence-electron chi connectivity index (χ3n) is 1.97. The SMILES string of the molecule is O=CC(C(=O)CC(=O)O)c1ccccc1. The zero-order chi connectivity index (χ0) is 11.3. The van der Waals surface area contributed by atoms with Crippen LogP contribution in [0.3, 0.4) is 0 Å². The zero-order valence-corrected chi connectivity index (χ0v) is 7.92. The van der Waals surface area contributed by atoms with Crippen LogP contribution in [0, 0.1) is 0 Å². The largest absolute Gasteiger partial charge is 0.481 e. The molecule has 0 aliphatic heterocycles. The minimum absolute atomic E-state index is 0.473. The summed E-state index contributed by atoms with van der Waals surface area (Å²) in [6.07, 6.45) is -0.154. The number of carbonyl (C=O) groups is 3. The van der Waals surface area contributed by atoms with E-state index in [-0.39, 0.29) is 0 Å². The van der Waals surface area contributed by atoms with E-state index in [1.165, 1.54) is 0 Å². The van der Waals surface area contributed by atoms with E-state index in [1.807, 2.05) is 0 Å². The molecular formula is C11H10O4. The van der Waals surface area contributed by atoms with Gasteiger partial charge in [-0.1, -0.05) is 30.3 Å². The van der Waals surface area contributed by atoms with Gasteiger partial charge in [0.1, 0.15) is 12.7 Å². The lowest BCUT2D eigenvalue weighted by atomic mass is 9.94. The van der Waals surface area contributed by atoms with E-state index < -0.39 is 24.1 Å². The van der Waals surface area contributed by atoms with Crippen LogP contribution in [0.25, 0.3) is 0 Å². The van der Waals surface area contributed by atoms with Gasteiger partial charge in [0.25, 0.3) is 0 Å². The van der Waals surface area contributed by atoms with Crippen molar-refractivity contribution in [2.24, 2.45) is 0 Å². The number of carboxylic acid groups (broad SMARTS) is 1. The van der Waals surface area contributed by atoms with Crippen LogP contribution < -0.4 is 0 Å². The molecule has 0 fully saturated rings. The van der Waals surface area contributed by atoms with Crippen LogP contribution >= 0.6 is 0 Å². The van der Waals surface area contributed by atoms with Crippen molar-refractivity contribution in [3.63, 3.8) is 0 Å². The average molecular weight is 206 g/mol. The fourth-order valence-corrected chi connectivity index (χ4v) is 1.26. The number of benzene rings is 1. The van der Waals surface area contributed by atoms with Gasteiger partial charge in [-0.3, -0.25) is 9.59 Å². The third-order valence-corrected chi connectivity index (χ3v) is 1.97. The summed E-state index contributed by atoms with van der Waals surface area (Å²) in [5.41, 5.74) is 0.527. The average Bonchev–Trinajstić information content (AvgIpc) is 2.19. The van der Waals surface area contributed by atoms with Gasteiger partial charge in [-0.25, -0.2) is 0 Å². The molecule has 0 aliphatic rings. The van der Waals surface area contributed by atoms with E-state index in [0.29, 0.717) is 11.8 Å². The fourth-order valence-electron chi connectivity index (χ4n) is 1.26. The Labute approximate surface area is 86.5 Å². The van der Waals surface area contributed by atoms with Crippen LogP contribution in [0.4, 0.5) is 0 Å². The summed E-state index contributed by atoms with van der Waals surface area (Å²) in [4.78, 5) is 32.4. The lowest BCUT2D eigenvalue weighted by Gasteiger charge is -2.07. The Kier molecular flexibility index (Phi) is 3.74. The summed E-state index contributed by atoms with van der Waals surface area (Å²) in [6.45, 7) is 0. The zero-order valence-electron chi connectivity index (χ0n) is 7.92. The van der Waals surface area contributed by atoms with Crippen molar-refractivity contribution in [1.29, 1.82) is 0 Å². The molecule has 78 valence electrons. The molecule has 4 nitrogen and oxygen atoms in total. The molecule has 1 atom stereocenters. The molecule has 0 radical (unpaired) electrons. The number of aldehydes is 1. The molecule has 1 N–H and O–H groups in total. The van der Waals surface area contributed by atoms with Gasteiger partial charge in [-0.2, -0.15) is 0 Å². The van der Waals surface area contributed by atoms with Gasteiger partial charge in [0.2, 0.25) is 0 Å². The molecule has 15 heavy (non-hydrogen) atoms. The Morgan fingerprint density at radius 3 is 2.33 bits per heavy atom. The molecule has 4 heteroatoms. The summed E-state index contributed by atoms with van der Waals surface area (Å²) in [6, 6.07) is 8.39. The number of aliphatic carboxylic acids is 1. The first-order chi connectivity index (χ1) is 7.15. The van der Waals surface area contributed by atoms with E-state index in [4.69, 9.17) is 5.11 Å². The van der Waals surface area contributed by atoms with Crippen molar-refractivity contribution < 1.29 is 19.5 Å². The Hall–Kier alpha value is -1.97. The Morgan fingerprint density at radius 1 is 1.27 bits per heavy atom. The molecule has 1 unspecified atom stereocenters. The Morgan fingerprint density at radius 2 is 1.87 bits per heavy atom. The van der Waals surface area contributed by atoms with Crippen LogP contribution in [0.15, 0.2) is 30.3 Å². The minimum atomic E-state index is -1.22. The quantitative estimate of drug-likeness (QED) is 0.576. The summed E-state index contributed by atoms with van der Waals surface area (Å²) in [7, 11) is 0. The van der Waals surface area contributed by atoms with Gasteiger partial charge in [-0.15, -0.1) is 0 Å². The topological polar surface area (TPSA) is 71.4 Å². The summed E-state index contributed by atoms with van der Waals surface area (Å²) >= 11 is 0. The Balaban J connectivity index is 2.85. The number of Topliss-reactive ketones (excluding diaryl/α,β-unsaturated/α-hetero) is 1. The minimum Gasteiger partial charge on any atom is -0.481 e. The second kappa shape index (κ2) is 5.05. The molecule has 0 spiro atoms. The highest BCUT2D eigenvalue weighted by atomic mass is 16.4. The van der Waals surface area contributed by atoms with Crippen molar-refractivity contribution in [3.8, 4) is 0 Å². The van der Waals surface area contributed by atoms with Crippen molar-refractivity contribution >= 4 is 18.0 Å². The van der Waals surface area contributed by atoms with Crippen LogP contribution in [-0.2, 0) is 14.4 Å². The molecule has 0 amide bonds. The molecule has 1 aromatic rings. The first-order valence-corrected chi connectivity index (χ1v) is 4.40. The van der Waals surface area contributed by atoms with E-state index >= 15 is 0 Å². The van der Waals surface area contributed by atoms with Crippen molar-refractivity contribution in [2.75, 3.05) is 0 Å². The number of hydrogen-bond acceptors (Lipinski definition) is 3. The highest BCUT2D eigenvalue weighted by Gasteiger charge is 2.21. The van der Waals surface area contributed by atoms with E-state index in [1.54, 1.807) is 30.3 Å². The molecule has 0 aromatic heterocycles. The van der Waals surface area contributed by atoms with Crippen LogP contribution in [0.1, 0.15) is 17.9 Å². The van der Waals surface area contributed by atoms with E-state index in [2.05, 4.69) is 0 Å². The molecular weight excluding hydrogens is 196 g/mol. The number of ketones is 1. The van der Waals surface area contributed by atoms with Crippen molar-refractivity contribution in [3.05, 3.63) is 35.9 Å². The molecule has 1 aromatic carbocycles. The van der Waals surface area contributed by atoms with Gasteiger partial charge in [-0.05, 0) is 5.56 Å². The lowest BCUT2D eigenvalue weighted by molar-refractivity contribution is -0.140. The van der Waals surface area contributed by atoms with Gasteiger partial charge in [0.05, 0.1) is 5.92 Å². The second-order valence-corrected chi connectivity index (χ2v) is 3.06. The standard InChI is InChI=1S/C11H10O4/c12-7-9(10(13)6-11(14)15)8-4-2-1-3-5-8/h1-5,7,9H,6H2,(H,14,15). The summed E-state index contributed by atoms with van der Waals surface area (Å²) in [5.74, 6) is -2.78. The first-order valence-electron chi connectivity index (χ1n) is 4.40. The highest BCUT2D eigenvalue weighted by molar-refractivity contribution is 6.06. The third kappa shape index (κ3) is 3.02. The number of carbonyl (C=O) groups excluding carboxylic acids is 2. The summed E-state index contributed by atoms with van der Waals surface area (Å²) in [5, 5.41) is 8.44. The maximum absolute atomic E-state index is 11.4. The number of hydrogen-bond donors (Lipinski definition) is 1. The first kappa shape index (κ1) is 11.1. The van der Waals surface area contributed by atoms with Crippen molar-refractivity contribution in [1.82, 2.24) is 0 Å². The van der Waals surface area contributed by atoms with Crippen LogP contribution in [0.2, 0.25) is 0 Å². The molecule has 0 heterocycles. The molecule has 1 rings (SSSR count). The maximum Gasteiger partial charge on any atom is 0.310 e. The summed E-state index contributed by atoms with van der Waals surface area (Å²) < 4.78 is 0. The monoisotopic (exact) mass is 206 g/mol. The van der Waals surface area contributed by atoms with E-state index in [9.17, 15) is 14.4 Å². The molecule has 0 aliphatic carbocycles. The van der Waals surface area contributed by atoms with Gasteiger partial charge < -0.3 is 9.90 Å². The van der Waals surface area contributed by atoms with Gasteiger partial charge >= 0.3 is 5.97 Å². The lowest BCUT2D eigenvalue weighted by Crippen LogP contribution is -2.17. The Bertz CT molecular complexity index is 369.